The molecule has 0 saturated carbocycles. The van der Waals surface area contributed by atoms with Gasteiger partial charge in [-0.1, -0.05) is 0 Å². The van der Waals surface area contributed by atoms with Gasteiger partial charge in [0, 0.05) is 24.2 Å². The number of rotatable bonds is 2. The summed E-state index contributed by atoms with van der Waals surface area (Å²) in [6, 6.07) is 1.99. The van der Waals surface area contributed by atoms with Crippen LogP contribution in [0.15, 0.2) is 23.0 Å². The first kappa shape index (κ1) is 8.19. The van der Waals surface area contributed by atoms with Crippen molar-refractivity contribution in [2.45, 2.75) is 0 Å². The van der Waals surface area contributed by atoms with Crippen LogP contribution < -0.4 is 0 Å². The molecule has 0 aliphatic heterocycles. The molecule has 0 aliphatic carbocycles. The summed E-state index contributed by atoms with van der Waals surface area (Å²) in [6.45, 7) is 0. The maximum atomic E-state index is 10.5. The number of aryl methyl sites for hydroxylation is 1. The summed E-state index contributed by atoms with van der Waals surface area (Å²) in [7, 11) is 1.81. The molecule has 0 atom stereocenters. The zero-order valence-electron chi connectivity index (χ0n) is 7.10. The van der Waals surface area contributed by atoms with Gasteiger partial charge in [0.05, 0.1) is 5.69 Å². The molecule has 0 fully saturated rings. The smallest absolute Gasteiger partial charge is 0.185 e. The zero-order chi connectivity index (χ0) is 9.26. The monoisotopic (exact) mass is 192 g/mol. The molecule has 2 aromatic rings. The molecule has 0 N–H and O–H groups in total. The largest absolute Gasteiger partial charge is 0.331 e. The first-order valence-electron chi connectivity index (χ1n) is 3.82. The number of imidazole rings is 1. The third kappa shape index (κ3) is 1.40. The van der Waals surface area contributed by atoms with Crippen molar-refractivity contribution in [2.24, 2.45) is 7.05 Å². The second kappa shape index (κ2) is 3.14. The average Bonchev–Trinajstić information content (AvgIpc) is 2.71. The van der Waals surface area contributed by atoms with Crippen LogP contribution in [0.1, 0.15) is 10.6 Å². The fourth-order valence-electron chi connectivity index (χ4n) is 1.14. The number of aldehydes is 1. The third-order valence-corrected chi connectivity index (χ3v) is 2.52. The van der Waals surface area contributed by atoms with E-state index in [9.17, 15) is 4.79 Å². The van der Waals surface area contributed by atoms with Crippen molar-refractivity contribution < 1.29 is 4.79 Å². The number of hydrogen-bond donors (Lipinski definition) is 0. The van der Waals surface area contributed by atoms with Gasteiger partial charge in [0.2, 0.25) is 0 Å². The molecule has 0 aromatic carbocycles. The summed E-state index contributed by atoms with van der Waals surface area (Å²) in [5.41, 5.74) is 1.92. The van der Waals surface area contributed by atoms with Gasteiger partial charge in [-0.3, -0.25) is 4.79 Å². The van der Waals surface area contributed by atoms with Gasteiger partial charge in [0.1, 0.15) is 0 Å². The van der Waals surface area contributed by atoms with Gasteiger partial charge in [-0.05, 0) is 11.4 Å². The van der Waals surface area contributed by atoms with Crippen LogP contribution in [0.25, 0.3) is 11.3 Å². The van der Waals surface area contributed by atoms with E-state index in [2.05, 4.69) is 4.98 Å². The van der Waals surface area contributed by atoms with E-state index >= 15 is 0 Å². The minimum Gasteiger partial charge on any atom is -0.331 e. The molecule has 3 nitrogen and oxygen atoms in total. The van der Waals surface area contributed by atoms with Crippen LogP contribution in [0.2, 0.25) is 0 Å². The van der Waals surface area contributed by atoms with Crippen LogP contribution in [0.5, 0.6) is 0 Å². The Morgan fingerprint density at radius 3 is 3.00 bits per heavy atom. The molecule has 4 heteroatoms. The van der Waals surface area contributed by atoms with Gasteiger partial charge in [0.25, 0.3) is 0 Å². The Hall–Kier alpha value is -1.42. The molecular formula is C9H8N2OS. The first-order chi connectivity index (χ1) is 6.31. The van der Waals surface area contributed by atoms with Gasteiger partial charge in [-0.25, -0.2) is 4.98 Å². The topological polar surface area (TPSA) is 34.9 Å². The van der Waals surface area contributed by atoms with Crippen molar-refractivity contribution in [2.75, 3.05) is 0 Å². The summed E-state index contributed by atoms with van der Waals surface area (Å²) < 4.78 is 1.72. The lowest BCUT2D eigenvalue weighted by Gasteiger charge is -1.86. The molecule has 0 saturated heterocycles. The molecule has 2 heterocycles. The Bertz CT molecular complexity index is 417. The van der Waals surface area contributed by atoms with Crippen molar-refractivity contribution in [3.63, 3.8) is 0 Å². The van der Waals surface area contributed by atoms with Crippen LogP contribution in [0.4, 0.5) is 0 Å². The minimum absolute atomic E-state index is 0.459. The molecule has 0 spiro atoms. The fraction of sp³-hybridized carbons (Fsp3) is 0.111. The second-order valence-corrected chi connectivity index (χ2v) is 3.51. The van der Waals surface area contributed by atoms with Crippen LogP contribution >= 0.6 is 11.3 Å². The molecule has 2 rings (SSSR count). The van der Waals surface area contributed by atoms with E-state index in [1.807, 2.05) is 30.1 Å². The Morgan fingerprint density at radius 1 is 1.62 bits per heavy atom. The average molecular weight is 192 g/mol. The van der Waals surface area contributed by atoms with E-state index in [-0.39, 0.29) is 0 Å². The quantitative estimate of drug-likeness (QED) is 0.682. The summed E-state index contributed by atoms with van der Waals surface area (Å²) >= 11 is 1.62. The highest BCUT2D eigenvalue weighted by molar-refractivity contribution is 7.08. The number of aromatic nitrogens is 2. The number of nitrogens with zero attached hydrogens (tertiary/aromatic N) is 2. The molecule has 0 aliphatic rings. The predicted molar refractivity (Wildman–Crippen MR) is 51.9 cm³/mol. The lowest BCUT2D eigenvalue weighted by Crippen LogP contribution is -1.92. The number of hydrogen-bond acceptors (Lipinski definition) is 3. The summed E-state index contributed by atoms with van der Waals surface area (Å²) in [5, 5.41) is 4.00. The van der Waals surface area contributed by atoms with Crippen molar-refractivity contribution in [1.29, 1.82) is 0 Å². The van der Waals surface area contributed by atoms with Crippen molar-refractivity contribution >= 4 is 17.6 Å². The number of carbonyl (C=O) groups excluding carboxylic acids is 1. The Kier molecular flexibility index (Phi) is 1.98. The van der Waals surface area contributed by atoms with Crippen molar-refractivity contribution in [3.8, 4) is 11.3 Å². The van der Waals surface area contributed by atoms with E-state index in [4.69, 9.17) is 0 Å². The third-order valence-electron chi connectivity index (χ3n) is 1.83. The Balaban J connectivity index is 2.48. The van der Waals surface area contributed by atoms with Crippen molar-refractivity contribution in [1.82, 2.24) is 9.55 Å². The molecule has 0 unspecified atom stereocenters. The van der Waals surface area contributed by atoms with Gasteiger partial charge < -0.3 is 4.57 Å². The van der Waals surface area contributed by atoms with Gasteiger partial charge in [-0.2, -0.15) is 11.3 Å². The highest BCUT2D eigenvalue weighted by Crippen LogP contribution is 2.20. The summed E-state index contributed by atoms with van der Waals surface area (Å²) in [6.07, 6.45) is 2.61. The van der Waals surface area contributed by atoms with Gasteiger partial charge in [-0.15, -0.1) is 0 Å². The van der Waals surface area contributed by atoms with E-state index in [1.54, 1.807) is 15.9 Å². The maximum absolute atomic E-state index is 10.5. The van der Waals surface area contributed by atoms with Crippen LogP contribution in [-0.2, 0) is 7.05 Å². The fourth-order valence-corrected chi connectivity index (χ4v) is 1.79. The molecule has 0 radical (unpaired) electrons. The number of thiophene rings is 1. The van der Waals surface area contributed by atoms with Gasteiger partial charge in [0.15, 0.2) is 12.1 Å². The van der Waals surface area contributed by atoms with E-state index in [1.165, 1.54) is 0 Å². The van der Waals surface area contributed by atoms with E-state index in [0.29, 0.717) is 5.82 Å². The molecule has 66 valence electrons. The lowest BCUT2D eigenvalue weighted by molar-refractivity contribution is 0.111. The SMILES string of the molecule is Cn1cc(-c2ccsc2)nc1C=O. The maximum Gasteiger partial charge on any atom is 0.185 e. The predicted octanol–water partition coefficient (Wildman–Crippen LogP) is 1.96. The minimum atomic E-state index is 0.459. The standard InChI is InChI=1S/C9H8N2OS/c1-11-4-8(10-9(11)5-12)7-2-3-13-6-7/h2-6H,1H3. The van der Waals surface area contributed by atoms with Crippen LogP contribution in [0, 0.1) is 0 Å². The summed E-state index contributed by atoms with van der Waals surface area (Å²) in [4.78, 5) is 14.7. The van der Waals surface area contributed by atoms with E-state index in [0.717, 1.165) is 17.5 Å². The molecule has 2 aromatic heterocycles. The lowest BCUT2D eigenvalue weighted by atomic mass is 10.3. The zero-order valence-corrected chi connectivity index (χ0v) is 7.91. The van der Waals surface area contributed by atoms with Crippen molar-refractivity contribution in [3.05, 3.63) is 28.8 Å². The molecular weight excluding hydrogens is 184 g/mol. The second-order valence-electron chi connectivity index (χ2n) is 2.73. The first-order valence-corrected chi connectivity index (χ1v) is 4.76. The molecule has 0 bridgehead atoms. The van der Waals surface area contributed by atoms with Crippen LogP contribution in [0.3, 0.4) is 0 Å². The van der Waals surface area contributed by atoms with Gasteiger partial charge >= 0.3 is 0 Å². The molecule has 0 amide bonds. The van der Waals surface area contributed by atoms with Crippen LogP contribution in [-0.4, -0.2) is 15.8 Å². The molecule has 13 heavy (non-hydrogen) atoms. The normalized spacial score (nSPS) is 10.2. The Morgan fingerprint density at radius 2 is 2.46 bits per heavy atom. The summed E-state index contributed by atoms with van der Waals surface area (Å²) in [5.74, 6) is 0.459. The Labute approximate surface area is 79.7 Å². The number of carbonyl (C=O) groups is 1. The van der Waals surface area contributed by atoms with E-state index < -0.39 is 0 Å². The highest BCUT2D eigenvalue weighted by Gasteiger charge is 2.05. The highest BCUT2D eigenvalue weighted by atomic mass is 32.1.